The molecule has 0 N–H and O–H groups in total. The van der Waals surface area contributed by atoms with Gasteiger partial charge in [-0.15, -0.1) is 0 Å². The second kappa shape index (κ2) is 5.01. The summed E-state index contributed by atoms with van der Waals surface area (Å²) in [5.41, 5.74) is 3.29. The molecule has 5 heteroatoms. The van der Waals surface area contributed by atoms with Gasteiger partial charge in [-0.05, 0) is 44.2 Å². The maximum absolute atomic E-state index is 5.35. The summed E-state index contributed by atoms with van der Waals surface area (Å²) in [6.45, 7) is 3.84. The molecule has 0 aliphatic heterocycles. The fourth-order valence-electron chi connectivity index (χ4n) is 1.46. The van der Waals surface area contributed by atoms with Gasteiger partial charge in [-0.1, -0.05) is 0 Å². The molecule has 0 bridgehead atoms. The van der Waals surface area contributed by atoms with Crippen LogP contribution in [0.5, 0.6) is 0 Å². The smallest absolute Gasteiger partial charge is 0.216 e. The standard InChI is InChI=1S/C12H11ClN4/c1-8-7-9(2)15-12(14-8)16-10-3-5-11(17-13)6-4-10/h3-7H,1-2H3. The number of rotatable bonds is 1. The quantitative estimate of drug-likeness (QED) is 0.716. The maximum Gasteiger partial charge on any atom is 0.250 e. The highest BCUT2D eigenvalue weighted by Crippen LogP contribution is 2.09. The minimum absolute atomic E-state index is 0.470. The molecule has 1 aromatic rings. The molecule has 2 rings (SSSR count). The molecule has 0 atom stereocenters. The van der Waals surface area contributed by atoms with Crippen LogP contribution in [0.1, 0.15) is 11.4 Å². The molecule has 0 aromatic carbocycles. The Bertz CT molecular complexity index is 517. The van der Waals surface area contributed by atoms with E-state index in [1.807, 2.05) is 32.1 Å². The molecule has 0 radical (unpaired) electrons. The molecular weight excluding hydrogens is 236 g/mol. The second-order valence-corrected chi connectivity index (χ2v) is 3.83. The largest absolute Gasteiger partial charge is 0.250 e. The van der Waals surface area contributed by atoms with Crippen molar-refractivity contribution in [1.29, 1.82) is 0 Å². The van der Waals surface area contributed by atoms with Crippen LogP contribution in [0.4, 0.5) is 5.95 Å². The molecule has 0 unspecified atom stereocenters. The van der Waals surface area contributed by atoms with Crippen LogP contribution >= 0.6 is 11.8 Å². The van der Waals surface area contributed by atoms with E-state index < -0.39 is 0 Å². The van der Waals surface area contributed by atoms with Crippen molar-refractivity contribution < 1.29 is 0 Å². The summed E-state index contributed by atoms with van der Waals surface area (Å²) in [5, 5.41) is 0. The lowest BCUT2D eigenvalue weighted by Crippen LogP contribution is -1.99. The highest BCUT2D eigenvalue weighted by Gasteiger charge is 2.01. The summed E-state index contributed by atoms with van der Waals surface area (Å²) in [6.07, 6.45) is 7.22. The first kappa shape index (κ1) is 11.7. The topological polar surface area (TPSA) is 50.5 Å². The Hall–Kier alpha value is -1.81. The summed E-state index contributed by atoms with van der Waals surface area (Å²) in [6, 6.07) is 1.91. The van der Waals surface area contributed by atoms with Crippen LogP contribution in [0.15, 0.2) is 39.9 Å². The van der Waals surface area contributed by atoms with Gasteiger partial charge in [0.1, 0.15) is 0 Å². The van der Waals surface area contributed by atoms with Crippen LogP contribution in [-0.4, -0.2) is 21.4 Å². The molecule has 1 aliphatic rings. The van der Waals surface area contributed by atoms with Gasteiger partial charge in [0.2, 0.25) is 5.95 Å². The zero-order valence-corrected chi connectivity index (χ0v) is 10.3. The van der Waals surface area contributed by atoms with Crippen LogP contribution in [0.3, 0.4) is 0 Å². The number of hydrogen-bond acceptors (Lipinski definition) is 4. The monoisotopic (exact) mass is 246 g/mol. The summed E-state index contributed by atoms with van der Waals surface area (Å²) in [5.74, 6) is 0.470. The lowest BCUT2D eigenvalue weighted by molar-refractivity contribution is 1.04. The van der Waals surface area contributed by atoms with Gasteiger partial charge in [-0.25, -0.2) is 15.0 Å². The fourth-order valence-corrected chi connectivity index (χ4v) is 1.57. The average molecular weight is 247 g/mol. The van der Waals surface area contributed by atoms with Gasteiger partial charge >= 0.3 is 0 Å². The molecule has 0 saturated carbocycles. The van der Waals surface area contributed by atoms with E-state index in [-0.39, 0.29) is 0 Å². The third kappa shape index (κ3) is 3.07. The third-order valence-electron chi connectivity index (χ3n) is 2.15. The Morgan fingerprint density at radius 1 is 0.941 bits per heavy atom. The minimum Gasteiger partial charge on any atom is -0.216 e. The van der Waals surface area contributed by atoms with Crippen LogP contribution in [0, 0.1) is 13.8 Å². The van der Waals surface area contributed by atoms with Crippen molar-refractivity contribution in [2.45, 2.75) is 13.8 Å². The maximum atomic E-state index is 5.35. The minimum atomic E-state index is 0.470. The zero-order chi connectivity index (χ0) is 12.3. The van der Waals surface area contributed by atoms with E-state index in [0.717, 1.165) is 17.1 Å². The molecule has 17 heavy (non-hydrogen) atoms. The number of hydrogen-bond donors (Lipinski definition) is 0. The molecule has 1 aliphatic carbocycles. The van der Waals surface area contributed by atoms with Gasteiger partial charge in [0, 0.05) is 23.2 Å². The van der Waals surface area contributed by atoms with E-state index in [9.17, 15) is 0 Å². The molecule has 86 valence electrons. The van der Waals surface area contributed by atoms with Crippen LogP contribution in [0.25, 0.3) is 0 Å². The van der Waals surface area contributed by atoms with Gasteiger partial charge < -0.3 is 0 Å². The molecule has 0 amide bonds. The predicted molar refractivity (Wildman–Crippen MR) is 70.2 cm³/mol. The second-order valence-electron chi connectivity index (χ2n) is 3.66. The first-order chi connectivity index (χ1) is 8.17. The van der Waals surface area contributed by atoms with Crippen molar-refractivity contribution in [1.82, 2.24) is 9.97 Å². The molecule has 0 fully saturated rings. The summed E-state index contributed by atoms with van der Waals surface area (Å²) in [4.78, 5) is 12.8. The number of aryl methyl sites for hydroxylation is 2. The molecule has 0 spiro atoms. The first-order valence-corrected chi connectivity index (χ1v) is 5.47. The highest BCUT2D eigenvalue weighted by atomic mass is 35.5. The van der Waals surface area contributed by atoms with Crippen molar-refractivity contribution in [3.8, 4) is 0 Å². The van der Waals surface area contributed by atoms with Crippen molar-refractivity contribution in [2.75, 3.05) is 0 Å². The van der Waals surface area contributed by atoms with E-state index in [0.29, 0.717) is 11.7 Å². The number of aliphatic imine (C=N–C) groups is 1. The summed E-state index contributed by atoms with van der Waals surface area (Å²) < 4.78 is 3.55. The van der Waals surface area contributed by atoms with Crippen molar-refractivity contribution >= 4 is 29.1 Å². The van der Waals surface area contributed by atoms with E-state index in [1.54, 1.807) is 12.2 Å². The molecule has 4 nitrogen and oxygen atoms in total. The highest BCUT2D eigenvalue weighted by molar-refractivity contribution is 6.27. The summed E-state index contributed by atoms with van der Waals surface area (Å²) >= 11 is 5.35. The predicted octanol–water partition coefficient (Wildman–Crippen LogP) is 2.89. The van der Waals surface area contributed by atoms with Crippen molar-refractivity contribution in [2.24, 2.45) is 9.50 Å². The number of aromatic nitrogens is 2. The van der Waals surface area contributed by atoms with Gasteiger partial charge in [-0.3, -0.25) is 0 Å². The molecule has 0 saturated heterocycles. The normalized spacial score (nSPS) is 14.1. The summed E-state index contributed by atoms with van der Waals surface area (Å²) in [7, 11) is 0. The SMILES string of the molecule is Cc1cc(C)nc(N=C2C=CC(=NCl)C=C2)n1. The zero-order valence-electron chi connectivity index (χ0n) is 9.55. The van der Waals surface area contributed by atoms with Gasteiger partial charge in [0.15, 0.2) is 0 Å². The Morgan fingerprint density at radius 3 is 2.00 bits per heavy atom. The average Bonchev–Trinajstić information content (AvgIpc) is 2.28. The Morgan fingerprint density at radius 2 is 1.47 bits per heavy atom. The van der Waals surface area contributed by atoms with Crippen molar-refractivity contribution in [3.63, 3.8) is 0 Å². The fraction of sp³-hybridized carbons (Fsp3) is 0.167. The molecular formula is C12H11ClN4. The Kier molecular flexibility index (Phi) is 3.44. The van der Waals surface area contributed by atoms with E-state index >= 15 is 0 Å². The molecule has 1 heterocycles. The first-order valence-electron chi connectivity index (χ1n) is 5.13. The van der Waals surface area contributed by atoms with Crippen LogP contribution < -0.4 is 0 Å². The van der Waals surface area contributed by atoms with E-state index in [2.05, 4.69) is 19.5 Å². The van der Waals surface area contributed by atoms with Gasteiger partial charge in [0.05, 0.1) is 11.4 Å². The van der Waals surface area contributed by atoms with Gasteiger partial charge in [0.25, 0.3) is 0 Å². The van der Waals surface area contributed by atoms with Crippen molar-refractivity contribution in [3.05, 3.63) is 41.8 Å². The van der Waals surface area contributed by atoms with Crippen LogP contribution in [-0.2, 0) is 0 Å². The van der Waals surface area contributed by atoms with Gasteiger partial charge in [-0.2, -0.15) is 4.51 Å². The number of nitrogens with zero attached hydrogens (tertiary/aromatic N) is 4. The lowest BCUT2D eigenvalue weighted by Gasteiger charge is -2.01. The Labute approximate surface area is 105 Å². The Balaban J connectivity index is 2.29. The van der Waals surface area contributed by atoms with E-state index in [4.69, 9.17) is 11.8 Å². The number of halogens is 1. The molecule has 1 aromatic heterocycles. The van der Waals surface area contributed by atoms with Crippen LogP contribution in [0.2, 0.25) is 0 Å². The number of allylic oxidation sites excluding steroid dienone is 4. The lowest BCUT2D eigenvalue weighted by atomic mass is 10.1. The third-order valence-corrected chi connectivity index (χ3v) is 2.34. The van der Waals surface area contributed by atoms with E-state index in [1.165, 1.54) is 0 Å².